The summed E-state index contributed by atoms with van der Waals surface area (Å²) in [6.07, 6.45) is 1.08. The number of nitrogens with one attached hydrogen (secondary N) is 2. The number of fused-ring (bicyclic) bond motifs is 1. The summed E-state index contributed by atoms with van der Waals surface area (Å²) in [5.74, 6) is -0.282. The van der Waals surface area contributed by atoms with Crippen LogP contribution in [0.15, 0.2) is 120 Å². The summed E-state index contributed by atoms with van der Waals surface area (Å²) in [7, 11) is 1.52. The predicted octanol–water partition coefficient (Wildman–Crippen LogP) is 6.67. The quantitative estimate of drug-likeness (QED) is 0.249. The van der Waals surface area contributed by atoms with Crippen LogP contribution in [0.3, 0.4) is 0 Å². The molecule has 4 aromatic carbocycles. The summed E-state index contributed by atoms with van der Waals surface area (Å²) in [6.45, 7) is 0. The molecule has 0 fully saturated rings. The predicted molar refractivity (Wildman–Crippen MR) is 158 cm³/mol. The zero-order chi connectivity index (χ0) is 27.6. The molecule has 0 saturated heterocycles. The monoisotopic (exact) mass is 547 g/mol. The number of hydrogen-bond acceptors (Lipinski definition) is 4. The number of nitrogens with zero attached hydrogens (tertiary/aromatic N) is 1. The second kappa shape index (κ2) is 10.8. The molecule has 0 spiro atoms. The normalized spacial score (nSPS) is 15.5. The third-order valence-corrected chi connectivity index (χ3v) is 7.33. The van der Waals surface area contributed by atoms with Crippen molar-refractivity contribution in [2.24, 2.45) is 0 Å². The average Bonchev–Trinajstić information content (AvgIpc) is 3.44. The van der Waals surface area contributed by atoms with Crippen LogP contribution < -0.4 is 11.0 Å². The first-order chi connectivity index (χ1) is 19.5. The molecule has 2 heterocycles. The van der Waals surface area contributed by atoms with Gasteiger partial charge in [0.1, 0.15) is 0 Å². The summed E-state index contributed by atoms with van der Waals surface area (Å²) < 4.78 is 5.69. The topological polar surface area (TPSA) is 74.4 Å². The van der Waals surface area contributed by atoms with E-state index in [0.29, 0.717) is 21.8 Å². The molecular formula is C33H26ClN3O3. The lowest BCUT2D eigenvalue weighted by atomic mass is 9.94. The number of carbonyl (C=O) groups is 1. The van der Waals surface area contributed by atoms with Crippen LogP contribution in [0.5, 0.6) is 0 Å². The minimum absolute atomic E-state index is 0.278. The fourth-order valence-electron chi connectivity index (χ4n) is 5.26. The van der Waals surface area contributed by atoms with Crippen molar-refractivity contribution in [3.63, 3.8) is 0 Å². The first-order valence-electron chi connectivity index (χ1n) is 12.9. The molecule has 1 aliphatic rings. The molecule has 5 aromatic rings. The number of hydrogen-bond donors (Lipinski definition) is 2. The van der Waals surface area contributed by atoms with E-state index < -0.39 is 12.1 Å². The van der Waals surface area contributed by atoms with Crippen molar-refractivity contribution in [2.75, 3.05) is 7.11 Å². The van der Waals surface area contributed by atoms with Gasteiger partial charge < -0.3 is 9.72 Å². The Labute approximate surface area is 236 Å². The van der Waals surface area contributed by atoms with E-state index in [1.807, 2.05) is 103 Å². The number of methoxy groups -OCH3 is 1. The van der Waals surface area contributed by atoms with Crippen molar-refractivity contribution in [2.45, 2.75) is 12.1 Å². The highest BCUT2D eigenvalue weighted by Gasteiger charge is 2.37. The number of carbonyl (C=O) groups excluding carboxylic acids is 1. The number of halogens is 1. The minimum Gasteiger partial charge on any atom is -0.367 e. The maximum Gasteiger partial charge on any atom is 0.275 e. The smallest absolute Gasteiger partial charge is 0.275 e. The van der Waals surface area contributed by atoms with Crippen molar-refractivity contribution in [1.29, 1.82) is 0 Å². The molecule has 1 amide bonds. The van der Waals surface area contributed by atoms with Gasteiger partial charge in [0, 0.05) is 28.6 Å². The SMILES string of the molecule is CO[C@H](C(=O)N1NC(c2c(-c3ccccc3)c3cc(Cl)ccc3[nH]c2=O)=C[C@@H]1c1ccccc1)c1ccccc1. The van der Waals surface area contributed by atoms with Gasteiger partial charge in [-0.1, -0.05) is 103 Å². The first kappa shape index (κ1) is 25.6. The van der Waals surface area contributed by atoms with Gasteiger partial charge in [-0.05, 0) is 41.0 Å². The van der Waals surface area contributed by atoms with E-state index in [-0.39, 0.29) is 11.5 Å². The Morgan fingerprint density at radius 2 is 1.52 bits per heavy atom. The van der Waals surface area contributed by atoms with Gasteiger partial charge in [-0.3, -0.25) is 15.0 Å². The zero-order valence-electron chi connectivity index (χ0n) is 21.7. The van der Waals surface area contributed by atoms with Crippen molar-refractivity contribution >= 4 is 34.1 Å². The van der Waals surface area contributed by atoms with Crippen molar-refractivity contribution in [1.82, 2.24) is 15.4 Å². The van der Waals surface area contributed by atoms with E-state index in [1.54, 1.807) is 17.1 Å². The number of H-pyrrole nitrogens is 1. The first-order valence-corrected chi connectivity index (χ1v) is 13.3. The Morgan fingerprint density at radius 3 is 2.20 bits per heavy atom. The van der Waals surface area contributed by atoms with E-state index in [4.69, 9.17) is 16.3 Å². The van der Waals surface area contributed by atoms with Gasteiger partial charge in [0.2, 0.25) is 0 Å². The van der Waals surface area contributed by atoms with Crippen molar-refractivity contribution < 1.29 is 9.53 Å². The fourth-order valence-corrected chi connectivity index (χ4v) is 5.43. The fraction of sp³-hybridized carbons (Fsp3) is 0.0909. The molecule has 2 atom stereocenters. The second-order valence-electron chi connectivity index (χ2n) is 9.54. The van der Waals surface area contributed by atoms with Crippen LogP contribution >= 0.6 is 11.6 Å². The van der Waals surface area contributed by atoms with Gasteiger partial charge in [-0.25, -0.2) is 5.01 Å². The maximum atomic E-state index is 14.0. The maximum absolute atomic E-state index is 14.0. The third kappa shape index (κ3) is 4.68. The lowest BCUT2D eigenvalue weighted by Crippen LogP contribution is -2.43. The summed E-state index contributed by atoms with van der Waals surface area (Å²) in [5, 5.41) is 2.90. The summed E-state index contributed by atoms with van der Waals surface area (Å²) >= 11 is 6.42. The van der Waals surface area contributed by atoms with Gasteiger partial charge in [0.25, 0.3) is 11.5 Å². The average molecular weight is 548 g/mol. The summed E-state index contributed by atoms with van der Waals surface area (Å²) in [5.41, 5.74) is 7.84. The molecule has 1 aromatic heterocycles. The minimum atomic E-state index is -0.838. The van der Waals surface area contributed by atoms with Crippen LogP contribution in [0.2, 0.25) is 5.02 Å². The molecule has 40 heavy (non-hydrogen) atoms. The molecule has 7 heteroatoms. The van der Waals surface area contributed by atoms with Crippen LogP contribution in [-0.4, -0.2) is 23.0 Å². The second-order valence-corrected chi connectivity index (χ2v) is 9.98. The lowest BCUT2D eigenvalue weighted by molar-refractivity contribution is -0.145. The number of amides is 1. The van der Waals surface area contributed by atoms with Gasteiger partial charge in [-0.2, -0.15) is 0 Å². The molecule has 6 nitrogen and oxygen atoms in total. The summed E-state index contributed by atoms with van der Waals surface area (Å²) in [6, 6.07) is 33.7. The number of benzene rings is 4. The summed E-state index contributed by atoms with van der Waals surface area (Å²) in [4.78, 5) is 30.8. The number of aromatic nitrogens is 1. The van der Waals surface area contributed by atoms with Gasteiger partial charge in [0.05, 0.1) is 17.3 Å². The lowest BCUT2D eigenvalue weighted by Gasteiger charge is -2.29. The molecular weight excluding hydrogens is 522 g/mol. The van der Waals surface area contributed by atoms with Gasteiger partial charge in [0.15, 0.2) is 6.10 Å². The Kier molecular flexibility index (Phi) is 6.95. The molecule has 0 radical (unpaired) electrons. The molecule has 6 rings (SSSR count). The Bertz CT molecular complexity index is 1770. The number of ether oxygens (including phenoxy) is 1. The third-order valence-electron chi connectivity index (χ3n) is 7.09. The highest BCUT2D eigenvalue weighted by atomic mass is 35.5. The van der Waals surface area contributed by atoms with E-state index in [2.05, 4.69) is 10.4 Å². The highest BCUT2D eigenvalue weighted by Crippen LogP contribution is 2.38. The Hall–Kier alpha value is -4.65. The largest absolute Gasteiger partial charge is 0.367 e. The van der Waals surface area contributed by atoms with Crippen LogP contribution in [0.1, 0.15) is 28.8 Å². The van der Waals surface area contributed by atoms with Crippen LogP contribution in [0, 0.1) is 0 Å². The van der Waals surface area contributed by atoms with Crippen LogP contribution in [0.25, 0.3) is 27.7 Å². The molecule has 1 aliphatic heterocycles. The van der Waals surface area contributed by atoms with E-state index in [9.17, 15) is 9.59 Å². The molecule has 0 aliphatic carbocycles. The van der Waals surface area contributed by atoms with E-state index in [1.165, 1.54) is 7.11 Å². The zero-order valence-corrected chi connectivity index (χ0v) is 22.4. The standard InChI is InChI=1S/C33H26ClN3O3/c1-40-31(23-15-9-4-10-16-23)33(39)37-28(21-11-5-2-6-12-21)20-27(36-37)30-29(22-13-7-3-8-14-22)25-19-24(34)17-18-26(25)35-32(30)38/h2-20,28,31,36H,1H3,(H,35,38)/t28-,31+/m1/s1. The van der Waals surface area contributed by atoms with Gasteiger partial charge in [-0.15, -0.1) is 0 Å². The number of rotatable bonds is 6. The number of hydrazine groups is 1. The van der Waals surface area contributed by atoms with Crippen LogP contribution in [-0.2, 0) is 9.53 Å². The van der Waals surface area contributed by atoms with Gasteiger partial charge >= 0.3 is 0 Å². The van der Waals surface area contributed by atoms with Crippen LogP contribution in [0.4, 0.5) is 0 Å². The van der Waals surface area contributed by atoms with Crippen molar-refractivity contribution in [3.8, 4) is 11.1 Å². The Morgan fingerprint density at radius 1 is 0.875 bits per heavy atom. The number of pyridine rings is 1. The molecule has 0 unspecified atom stereocenters. The molecule has 2 N–H and O–H groups in total. The van der Waals surface area contributed by atoms with E-state index in [0.717, 1.165) is 27.6 Å². The molecule has 0 bridgehead atoms. The van der Waals surface area contributed by atoms with Crippen molar-refractivity contribution in [3.05, 3.63) is 147 Å². The molecule has 0 saturated carbocycles. The Balaban J connectivity index is 1.53. The molecule has 198 valence electrons. The highest BCUT2D eigenvalue weighted by molar-refractivity contribution is 6.31. The number of aromatic amines is 1. The van der Waals surface area contributed by atoms with E-state index >= 15 is 0 Å².